The highest BCUT2D eigenvalue weighted by molar-refractivity contribution is 5.89. The Labute approximate surface area is 134 Å². The minimum atomic E-state index is -0.286. The van der Waals surface area contributed by atoms with Crippen molar-refractivity contribution in [2.24, 2.45) is 0 Å². The molecule has 0 aliphatic carbocycles. The van der Waals surface area contributed by atoms with Gasteiger partial charge in [-0.3, -0.25) is 4.90 Å². The number of benzene rings is 1. The fourth-order valence-electron chi connectivity index (χ4n) is 2.39. The zero-order chi connectivity index (χ0) is 16.2. The Morgan fingerprint density at radius 2 is 1.96 bits per heavy atom. The van der Waals surface area contributed by atoms with Gasteiger partial charge in [0, 0.05) is 38.7 Å². The highest BCUT2D eigenvalue weighted by Gasteiger charge is 2.23. The largest absolute Gasteiger partial charge is 0.447 e. The van der Waals surface area contributed by atoms with Crippen LogP contribution in [0.25, 0.3) is 0 Å². The van der Waals surface area contributed by atoms with Gasteiger partial charge in [0.1, 0.15) is 6.61 Å². The number of hydrogen-bond donors (Lipinski definition) is 1. The van der Waals surface area contributed by atoms with Crippen LogP contribution in [0.5, 0.6) is 0 Å². The van der Waals surface area contributed by atoms with Crippen molar-refractivity contribution < 1.29 is 9.53 Å². The van der Waals surface area contributed by atoms with Crippen LogP contribution < -0.4 is 15.1 Å². The molecule has 3 rings (SSSR count). The standard InChI is InChI=1S/C16H19N5O2/c1-20(2)15-14(17-7-8-18-15)19-11-12-3-5-13(6-4-12)21-9-10-23-16(21)22/h3-8H,9-11H2,1-2H3,(H,17,19). The summed E-state index contributed by atoms with van der Waals surface area (Å²) >= 11 is 0. The van der Waals surface area contributed by atoms with Crippen LogP contribution in [-0.2, 0) is 11.3 Å². The third kappa shape index (κ3) is 3.33. The van der Waals surface area contributed by atoms with E-state index in [0.29, 0.717) is 19.7 Å². The number of amides is 1. The first-order valence-corrected chi connectivity index (χ1v) is 7.40. The number of aromatic nitrogens is 2. The number of nitrogens with one attached hydrogen (secondary N) is 1. The molecule has 1 aliphatic rings. The second-order valence-electron chi connectivity index (χ2n) is 5.41. The van der Waals surface area contributed by atoms with Gasteiger partial charge in [0.2, 0.25) is 0 Å². The molecule has 7 heteroatoms. The SMILES string of the molecule is CN(C)c1nccnc1NCc1ccc(N2CCOC2=O)cc1. The van der Waals surface area contributed by atoms with Crippen LogP contribution in [-0.4, -0.2) is 43.3 Å². The van der Waals surface area contributed by atoms with Crippen molar-refractivity contribution in [3.05, 3.63) is 42.2 Å². The van der Waals surface area contributed by atoms with Crippen LogP contribution in [0.2, 0.25) is 0 Å². The number of carbonyl (C=O) groups excluding carboxylic acids is 1. The van der Waals surface area contributed by atoms with Crippen LogP contribution in [0.4, 0.5) is 22.1 Å². The molecule has 1 saturated heterocycles. The Morgan fingerprint density at radius 1 is 1.22 bits per heavy atom. The molecule has 0 atom stereocenters. The first-order chi connectivity index (χ1) is 11.1. The predicted octanol–water partition coefficient (Wildman–Crippen LogP) is 2.11. The summed E-state index contributed by atoms with van der Waals surface area (Å²) in [6.45, 7) is 1.68. The number of ether oxygens (including phenoxy) is 1. The summed E-state index contributed by atoms with van der Waals surface area (Å²) in [7, 11) is 3.86. The first kappa shape index (κ1) is 15.1. The van der Waals surface area contributed by atoms with Crippen molar-refractivity contribution in [1.82, 2.24) is 9.97 Å². The predicted molar refractivity (Wildman–Crippen MR) is 88.8 cm³/mol. The van der Waals surface area contributed by atoms with Crippen molar-refractivity contribution in [1.29, 1.82) is 0 Å². The molecular weight excluding hydrogens is 294 g/mol. The molecule has 0 radical (unpaired) electrons. The van der Waals surface area contributed by atoms with Gasteiger partial charge in [-0.25, -0.2) is 14.8 Å². The Balaban J connectivity index is 1.66. The minimum absolute atomic E-state index is 0.286. The highest BCUT2D eigenvalue weighted by Crippen LogP contribution is 2.21. The average molecular weight is 313 g/mol. The van der Waals surface area contributed by atoms with Gasteiger partial charge in [0.15, 0.2) is 11.6 Å². The molecule has 120 valence electrons. The molecule has 2 aromatic rings. The van der Waals surface area contributed by atoms with E-state index < -0.39 is 0 Å². The molecule has 1 amide bonds. The Kier molecular flexibility index (Phi) is 4.27. The van der Waals surface area contributed by atoms with Gasteiger partial charge < -0.3 is 15.0 Å². The van der Waals surface area contributed by atoms with E-state index in [-0.39, 0.29) is 6.09 Å². The van der Waals surface area contributed by atoms with Crippen LogP contribution in [0.3, 0.4) is 0 Å². The Morgan fingerprint density at radius 3 is 2.61 bits per heavy atom. The van der Waals surface area contributed by atoms with Gasteiger partial charge in [-0.1, -0.05) is 12.1 Å². The normalized spacial score (nSPS) is 13.8. The van der Waals surface area contributed by atoms with E-state index >= 15 is 0 Å². The molecule has 23 heavy (non-hydrogen) atoms. The molecule has 1 N–H and O–H groups in total. The molecule has 0 unspecified atom stereocenters. The van der Waals surface area contributed by atoms with E-state index in [1.165, 1.54) is 0 Å². The lowest BCUT2D eigenvalue weighted by molar-refractivity contribution is 0.181. The summed E-state index contributed by atoms with van der Waals surface area (Å²) in [5, 5.41) is 3.29. The maximum Gasteiger partial charge on any atom is 0.414 e. The zero-order valence-corrected chi connectivity index (χ0v) is 13.2. The van der Waals surface area contributed by atoms with E-state index in [1.807, 2.05) is 43.3 Å². The van der Waals surface area contributed by atoms with Gasteiger partial charge in [-0.05, 0) is 17.7 Å². The van der Waals surface area contributed by atoms with Crippen molar-refractivity contribution in [2.75, 3.05) is 42.4 Å². The van der Waals surface area contributed by atoms with E-state index in [4.69, 9.17) is 4.74 Å². The summed E-state index contributed by atoms with van der Waals surface area (Å²) in [6, 6.07) is 7.82. The zero-order valence-electron chi connectivity index (χ0n) is 13.2. The number of hydrogen-bond acceptors (Lipinski definition) is 6. The van der Waals surface area contributed by atoms with Crippen molar-refractivity contribution >= 4 is 23.4 Å². The highest BCUT2D eigenvalue weighted by atomic mass is 16.6. The lowest BCUT2D eigenvalue weighted by atomic mass is 10.2. The lowest BCUT2D eigenvalue weighted by Crippen LogP contribution is -2.23. The van der Waals surface area contributed by atoms with E-state index in [9.17, 15) is 4.79 Å². The van der Waals surface area contributed by atoms with Gasteiger partial charge in [0.05, 0.1) is 6.54 Å². The number of nitrogens with zero attached hydrogens (tertiary/aromatic N) is 4. The minimum Gasteiger partial charge on any atom is -0.447 e. The third-order valence-electron chi connectivity index (χ3n) is 3.57. The van der Waals surface area contributed by atoms with Gasteiger partial charge in [-0.15, -0.1) is 0 Å². The van der Waals surface area contributed by atoms with Gasteiger partial charge in [0.25, 0.3) is 0 Å². The van der Waals surface area contributed by atoms with Crippen LogP contribution >= 0.6 is 0 Å². The topological polar surface area (TPSA) is 70.6 Å². The van der Waals surface area contributed by atoms with Crippen molar-refractivity contribution in [3.8, 4) is 0 Å². The number of anilines is 3. The average Bonchev–Trinajstić information content (AvgIpc) is 2.99. The van der Waals surface area contributed by atoms with Crippen molar-refractivity contribution in [3.63, 3.8) is 0 Å². The quantitative estimate of drug-likeness (QED) is 0.911. The molecule has 1 fully saturated rings. The monoisotopic (exact) mass is 313 g/mol. The smallest absolute Gasteiger partial charge is 0.414 e. The van der Waals surface area contributed by atoms with Crippen molar-refractivity contribution in [2.45, 2.75) is 6.54 Å². The second-order valence-corrected chi connectivity index (χ2v) is 5.41. The molecule has 1 aromatic heterocycles. The Hall–Kier alpha value is -2.83. The van der Waals surface area contributed by atoms with Gasteiger partial charge >= 0.3 is 6.09 Å². The fourth-order valence-corrected chi connectivity index (χ4v) is 2.39. The van der Waals surface area contributed by atoms with Crippen LogP contribution in [0.1, 0.15) is 5.56 Å². The summed E-state index contributed by atoms with van der Waals surface area (Å²) in [6.07, 6.45) is 3.05. The molecular formula is C16H19N5O2. The van der Waals surface area contributed by atoms with E-state index in [0.717, 1.165) is 22.9 Å². The summed E-state index contributed by atoms with van der Waals surface area (Å²) < 4.78 is 4.95. The molecule has 0 spiro atoms. The van der Waals surface area contributed by atoms with Crippen LogP contribution in [0.15, 0.2) is 36.7 Å². The molecule has 1 aliphatic heterocycles. The third-order valence-corrected chi connectivity index (χ3v) is 3.57. The maximum absolute atomic E-state index is 11.5. The summed E-state index contributed by atoms with van der Waals surface area (Å²) in [5.41, 5.74) is 1.95. The lowest BCUT2D eigenvalue weighted by Gasteiger charge is -2.16. The van der Waals surface area contributed by atoms with Gasteiger partial charge in [-0.2, -0.15) is 0 Å². The molecule has 7 nitrogen and oxygen atoms in total. The number of rotatable bonds is 5. The molecule has 2 heterocycles. The molecule has 0 saturated carbocycles. The Bertz CT molecular complexity index is 687. The van der Waals surface area contributed by atoms with E-state index in [2.05, 4.69) is 15.3 Å². The maximum atomic E-state index is 11.5. The van der Waals surface area contributed by atoms with Crippen LogP contribution in [0, 0.1) is 0 Å². The summed E-state index contributed by atoms with van der Waals surface area (Å²) in [5.74, 6) is 1.54. The fraction of sp³-hybridized carbons (Fsp3) is 0.312. The molecule has 1 aromatic carbocycles. The number of cyclic esters (lactones) is 1. The first-order valence-electron chi connectivity index (χ1n) is 7.40. The molecule has 0 bridgehead atoms. The number of carbonyl (C=O) groups is 1. The second kappa shape index (κ2) is 6.51. The van der Waals surface area contributed by atoms with E-state index in [1.54, 1.807) is 17.3 Å². The summed E-state index contributed by atoms with van der Waals surface area (Å²) in [4.78, 5) is 23.7.